The van der Waals surface area contributed by atoms with Crippen LogP contribution in [0.25, 0.3) is 0 Å². The van der Waals surface area contributed by atoms with Gasteiger partial charge in [0.1, 0.15) is 0 Å². The second-order valence-electron chi connectivity index (χ2n) is 5.55. The molecule has 1 N–H and O–H groups in total. The Morgan fingerprint density at radius 2 is 2.21 bits per heavy atom. The first kappa shape index (κ1) is 14.8. The molecule has 19 heavy (non-hydrogen) atoms. The van der Waals surface area contributed by atoms with E-state index < -0.39 is 0 Å². The highest BCUT2D eigenvalue weighted by Gasteiger charge is 2.16. The van der Waals surface area contributed by atoms with E-state index >= 15 is 0 Å². The molecule has 1 fully saturated rings. The Hall–Kier alpha value is -0.570. The zero-order chi connectivity index (χ0) is 13.7. The topological polar surface area (TPSA) is 15.3 Å². The largest absolute Gasteiger partial charge is 0.313 e. The van der Waals surface area contributed by atoms with Crippen molar-refractivity contribution in [3.8, 4) is 0 Å². The average Bonchev–Trinajstić information content (AvgIpc) is 2.42. The van der Waals surface area contributed by atoms with Gasteiger partial charge in [-0.25, -0.2) is 0 Å². The minimum atomic E-state index is 0.668. The Labute approximate surface area is 122 Å². The van der Waals surface area contributed by atoms with E-state index in [1.54, 1.807) is 0 Å². The third-order valence-electron chi connectivity index (χ3n) is 4.04. The Morgan fingerprint density at radius 3 is 2.84 bits per heavy atom. The number of hydrogen-bond donors (Lipinski definition) is 1. The number of benzene rings is 1. The fourth-order valence-corrected chi connectivity index (χ4v) is 3.00. The maximum Gasteiger partial charge on any atom is 0.0408 e. The lowest BCUT2D eigenvalue weighted by molar-refractivity contribution is 0.226. The molecule has 1 saturated heterocycles. The van der Waals surface area contributed by atoms with Crippen LogP contribution in [0.3, 0.4) is 0 Å². The maximum atomic E-state index is 6.02. The highest BCUT2D eigenvalue weighted by Crippen LogP contribution is 2.17. The van der Waals surface area contributed by atoms with Gasteiger partial charge in [0.2, 0.25) is 0 Å². The van der Waals surface area contributed by atoms with E-state index in [0.29, 0.717) is 6.04 Å². The Morgan fingerprint density at radius 1 is 1.37 bits per heavy atom. The van der Waals surface area contributed by atoms with Crippen LogP contribution in [-0.4, -0.2) is 30.6 Å². The normalized spacial score (nSPS) is 19.9. The molecule has 1 heterocycles. The van der Waals surface area contributed by atoms with Crippen molar-refractivity contribution in [2.75, 3.05) is 19.6 Å². The van der Waals surface area contributed by atoms with Crippen molar-refractivity contribution in [2.45, 2.75) is 45.7 Å². The average molecular weight is 281 g/mol. The molecule has 0 aliphatic carbocycles. The van der Waals surface area contributed by atoms with E-state index in [-0.39, 0.29) is 0 Å². The van der Waals surface area contributed by atoms with Crippen LogP contribution in [0, 0.1) is 6.92 Å². The molecule has 1 aromatic carbocycles. The molecule has 1 aromatic rings. The molecular formula is C16H25ClN2. The van der Waals surface area contributed by atoms with Crippen LogP contribution in [-0.2, 0) is 6.54 Å². The molecule has 0 bridgehead atoms. The lowest BCUT2D eigenvalue weighted by Crippen LogP contribution is -2.43. The highest BCUT2D eigenvalue weighted by molar-refractivity contribution is 6.30. The Balaban J connectivity index is 1.94. The van der Waals surface area contributed by atoms with Crippen LogP contribution in [0.4, 0.5) is 0 Å². The Bertz CT molecular complexity index is 400. The lowest BCUT2D eigenvalue weighted by atomic mass is 10.0. The fraction of sp³-hybridized carbons (Fsp3) is 0.625. The molecule has 0 radical (unpaired) electrons. The van der Waals surface area contributed by atoms with E-state index in [9.17, 15) is 0 Å². The van der Waals surface area contributed by atoms with Gasteiger partial charge in [-0.15, -0.1) is 0 Å². The third-order valence-corrected chi connectivity index (χ3v) is 4.27. The van der Waals surface area contributed by atoms with Gasteiger partial charge >= 0.3 is 0 Å². The summed E-state index contributed by atoms with van der Waals surface area (Å²) in [5.41, 5.74) is 2.68. The zero-order valence-electron chi connectivity index (χ0n) is 12.1. The van der Waals surface area contributed by atoms with E-state index in [2.05, 4.69) is 36.2 Å². The van der Waals surface area contributed by atoms with Gasteiger partial charge < -0.3 is 5.32 Å². The number of nitrogens with one attached hydrogen (secondary N) is 1. The molecule has 1 aliphatic rings. The molecule has 0 saturated carbocycles. The minimum Gasteiger partial charge on any atom is -0.313 e. The van der Waals surface area contributed by atoms with Gasteiger partial charge in [-0.1, -0.05) is 31.0 Å². The summed E-state index contributed by atoms with van der Waals surface area (Å²) < 4.78 is 0. The number of nitrogens with zero attached hydrogens (tertiary/aromatic N) is 1. The molecule has 0 aromatic heterocycles. The van der Waals surface area contributed by atoms with E-state index in [1.165, 1.54) is 36.9 Å². The summed E-state index contributed by atoms with van der Waals surface area (Å²) in [6.07, 6.45) is 4.02. The van der Waals surface area contributed by atoms with Gasteiger partial charge in [-0.3, -0.25) is 4.90 Å². The summed E-state index contributed by atoms with van der Waals surface area (Å²) in [6, 6.07) is 6.88. The van der Waals surface area contributed by atoms with Gasteiger partial charge in [-0.05, 0) is 56.1 Å². The summed E-state index contributed by atoms with van der Waals surface area (Å²) in [7, 11) is 0. The third kappa shape index (κ3) is 4.48. The van der Waals surface area contributed by atoms with Gasteiger partial charge in [0.05, 0.1) is 0 Å². The number of rotatable bonds is 5. The molecule has 3 heteroatoms. The van der Waals surface area contributed by atoms with E-state index in [0.717, 1.165) is 24.7 Å². The van der Waals surface area contributed by atoms with Crippen molar-refractivity contribution in [1.29, 1.82) is 0 Å². The van der Waals surface area contributed by atoms with Crippen molar-refractivity contribution in [2.24, 2.45) is 0 Å². The lowest BCUT2D eigenvalue weighted by Gasteiger charge is -2.30. The maximum absolute atomic E-state index is 6.02. The summed E-state index contributed by atoms with van der Waals surface area (Å²) in [5.74, 6) is 0. The van der Waals surface area contributed by atoms with Gasteiger partial charge in [-0.2, -0.15) is 0 Å². The molecule has 2 nitrogen and oxygen atoms in total. The number of aryl methyl sites for hydroxylation is 1. The van der Waals surface area contributed by atoms with Crippen molar-refractivity contribution in [3.63, 3.8) is 0 Å². The quantitative estimate of drug-likeness (QED) is 0.886. The van der Waals surface area contributed by atoms with Gasteiger partial charge in [0.25, 0.3) is 0 Å². The number of piperidine rings is 1. The summed E-state index contributed by atoms with van der Waals surface area (Å²) in [4.78, 5) is 2.53. The predicted octanol–water partition coefficient (Wildman–Crippen LogP) is 3.61. The molecule has 106 valence electrons. The van der Waals surface area contributed by atoms with Crippen molar-refractivity contribution in [3.05, 3.63) is 34.3 Å². The first-order valence-electron chi connectivity index (χ1n) is 7.40. The monoisotopic (exact) mass is 280 g/mol. The van der Waals surface area contributed by atoms with Crippen molar-refractivity contribution in [1.82, 2.24) is 10.2 Å². The van der Waals surface area contributed by atoms with Crippen LogP contribution >= 0.6 is 11.6 Å². The number of halogens is 1. The molecule has 1 unspecified atom stereocenters. The first-order chi connectivity index (χ1) is 9.19. The molecular weight excluding hydrogens is 256 g/mol. The van der Waals surface area contributed by atoms with Crippen LogP contribution in [0.2, 0.25) is 5.02 Å². The van der Waals surface area contributed by atoms with Gasteiger partial charge in [0.15, 0.2) is 0 Å². The van der Waals surface area contributed by atoms with Crippen LogP contribution in [0.1, 0.15) is 37.3 Å². The minimum absolute atomic E-state index is 0.668. The summed E-state index contributed by atoms with van der Waals surface area (Å²) in [5, 5.41) is 4.46. The fourth-order valence-electron chi connectivity index (χ4n) is 2.77. The molecule has 1 atom stereocenters. The van der Waals surface area contributed by atoms with Crippen LogP contribution in [0.15, 0.2) is 18.2 Å². The smallest absolute Gasteiger partial charge is 0.0408 e. The summed E-state index contributed by atoms with van der Waals surface area (Å²) in [6.45, 7) is 8.85. The van der Waals surface area contributed by atoms with E-state index in [4.69, 9.17) is 11.6 Å². The SMILES string of the molecule is CCN(Cc1ccc(Cl)cc1C)CC1CCCCN1. The summed E-state index contributed by atoms with van der Waals surface area (Å²) >= 11 is 6.02. The molecule has 0 spiro atoms. The van der Waals surface area contributed by atoms with Crippen molar-refractivity contribution >= 4 is 11.6 Å². The number of hydrogen-bond acceptors (Lipinski definition) is 2. The molecule has 0 amide bonds. The van der Waals surface area contributed by atoms with Crippen LogP contribution < -0.4 is 5.32 Å². The second-order valence-corrected chi connectivity index (χ2v) is 5.98. The predicted molar refractivity (Wildman–Crippen MR) is 82.8 cm³/mol. The van der Waals surface area contributed by atoms with Crippen molar-refractivity contribution < 1.29 is 0 Å². The zero-order valence-corrected chi connectivity index (χ0v) is 12.8. The van der Waals surface area contributed by atoms with E-state index in [1.807, 2.05) is 6.07 Å². The van der Waals surface area contributed by atoms with Crippen LogP contribution in [0.5, 0.6) is 0 Å². The molecule has 2 rings (SSSR count). The highest BCUT2D eigenvalue weighted by atomic mass is 35.5. The first-order valence-corrected chi connectivity index (χ1v) is 7.77. The molecule has 1 aliphatic heterocycles. The number of likely N-dealkylation sites (N-methyl/N-ethyl adjacent to an activating group) is 1. The second kappa shape index (κ2) is 7.28. The Kier molecular flexibility index (Phi) is 5.68. The standard InChI is InChI=1S/C16H25ClN2/c1-3-19(12-16-6-4-5-9-18-16)11-14-7-8-15(17)10-13(14)2/h7-8,10,16,18H,3-6,9,11-12H2,1-2H3. The van der Waals surface area contributed by atoms with Gasteiger partial charge in [0, 0.05) is 24.2 Å².